The SMILES string of the molecule is C[C@@H]([C@H]1CC[C@@H]2[C@H]3CC=C4C[C@@H](N(C)C)CC[C@]4(C)[C@@H]3CC[C@@]21CO)N(C)C. The van der Waals surface area contributed by atoms with Crippen LogP contribution in [0.2, 0.25) is 0 Å². The summed E-state index contributed by atoms with van der Waals surface area (Å²) in [6.45, 7) is 5.39. The van der Waals surface area contributed by atoms with Crippen LogP contribution in [0.4, 0.5) is 0 Å². The molecule has 0 radical (unpaired) electrons. The third-order valence-corrected chi connectivity index (χ3v) is 10.3. The van der Waals surface area contributed by atoms with Crippen LogP contribution in [0.3, 0.4) is 0 Å². The van der Waals surface area contributed by atoms with Gasteiger partial charge in [0.05, 0.1) is 0 Å². The highest BCUT2D eigenvalue weighted by molar-refractivity contribution is 5.26. The Morgan fingerprint density at radius 3 is 2.46 bits per heavy atom. The van der Waals surface area contributed by atoms with Crippen LogP contribution in [0, 0.1) is 34.5 Å². The molecular formula is C25H44N2O. The van der Waals surface area contributed by atoms with E-state index in [1.165, 1.54) is 51.4 Å². The summed E-state index contributed by atoms with van der Waals surface area (Å²) in [4.78, 5) is 4.83. The van der Waals surface area contributed by atoms with Crippen LogP contribution in [-0.4, -0.2) is 61.8 Å². The summed E-state index contributed by atoms with van der Waals surface area (Å²) in [5.41, 5.74) is 2.36. The molecule has 0 aromatic rings. The zero-order valence-electron chi connectivity index (χ0n) is 19.2. The van der Waals surface area contributed by atoms with E-state index in [1.54, 1.807) is 5.57 Å². The van der Waals surface area contributed by atoms with Gasteiger partial charge in [-0.15, -0.1) is 0 Å². The number of fused-ring (bicyclic) bond motifs is 5. The molecule has 3 saturated carbocycles. The van der Waals surface area contributed by atoms with Gasteiger partial charge >= 0.3 is 0 Å². The topological polar surface area (TPSA) is 26.7 Å². The Morgan fingerprint density at radius 2 is 1.82 bits per heavy atom. The lowest BCUT2D eigenvalue weighted by atomic mass is 9.46. The molecule has 0 aromatic carbocycles. The van der Waals surface area contributed by atoms with Crippen LogP contribution >= 0.6 is 0 Å². The predicted molar refractivity (Wildman–Crippen MR) is 117 cm³/mol. The quantitative estimate of drug-likeness (QED) is 0.722. The molecule has 0 bridgehead atoms. The number of hydrogen-bond acceptors (Lipinski definition) is 3. The van der Waals surface area contributed by atoms with E-state index in [4.69, 9.17) is 0 Å². The van der Waals surface area contributed by atoms with Crippen molar-refractivity contribution in [3.8, 4) is 0 Å². The molecule has 0 spiro atoms. The third-order valence-electron chi connectivity index (χ3n) is 10.3. The fourth-order valence-electron chi connectivity index (χ4n) is 8.33. The number of rotatable bonds is 4. The molecular weight excluding hydrogens is 344 g/mol. The maximum absolute atomic E-state index is 10.7. The molecule has 0 amide bonds. The molecule has 1 N–H and O–H groups in total. The van der Waals surface area contributed by atoms with E-state index < -0.39 is 0 Å². The zero-order valence-corrected chi connectivity index (χ0v) is 19.2. The molecule has 3 fully saturated rings. The predicted octanol–water partition coefficient (Wildman–Crippen LogP) is 4.42. The average molecular weight is 389 g/mol. The molecule has 0 heterocycles. The van der Waals surface area contributed by atoms with Gasteiger partial charge in [0, 0.05) is 24.1 Å². The highest BCUT2D eigenvalue weighted by Crippen LogP contribution is 2.66. The highest BCUT2D eigenvalue weighted by Gasteiger charge is 2.61. The molecule has 160 valence electrons. The Morgan fingerprint density at radius 1 is 1.07 bits per heavy atom. The second-order valence-electron chi connectivity index (χ2n) is 11.4. The number of aliphatic hydroxyl groups is 1. The summed E-state index contributed by atoms with van der Waals surface area (Å²) in [5, 5.41) is 10.7. The molecule has 4 aliphatic rings. The summed E-state index contributed by atoms with van der Waals surface area (Å²) in [7, 11) is 8.93. The standard InChI is InChI=1S/C25H44N2O/c1-17(26(3)4)21-9-10-23-20-8-7-18-15-19(27(5)6)11-13-24(18,2)22(20)12-14-25(21,23)16-28/h7,17,19-23,28H,8-16H2,1-6H3/t17-,19-,20-,21+,22+,23+,24-,25-/m0/s1. The van der Waals surface area contributed by atoms with E-state index in [0.29, 0.717) is 24.0 Å². The van der Waals surface area contributed by atoms with Gasteiger partial charge in [0.15, 0.2) is 0 Å². The van der Waals surface area contributed by atoms with Crippen LogP contribution in [-0.2, 0) is 0 Å². The fraction of sp³-hybridized carbons (Fsp3) is 0.920. The first-order valence-corrected chi connectivity index (χ1v) is 11.9. The van der Waals surface area contributed by atoms with Crippen LogP contribution in [0.1, 0.15) is 65.2 Å². The van der Waals surface area contributed by atoms with Crippen LogP contribution in [0.25, 0.3) is 0 Å². The molecule has 4 aliphatic carbocycles. The van der Waals surface area contributed by atoms with Crippen molar-refractivity contribution in [1.29, 1.82) is 0 Å². The molecule has 3 nitrogen and oxygen atoms in total. The lowest BCUT2D eigenvalue weighted by Gasteiger charge is -2.59. The van der Waals surface area contributed by atoms with E-state index in [9.17, 15) is 5.11 Å². The van der Waals surface area contributed by atoms with Crippen LogP contribution in [0.5, 0.6) is 0 Å². The van der Waals surface area contributed by atoms with Crippen molar-refractivity contribution in [1.82, 2.24) is 9.80 Å². The Kier molecular flexibility index (Phi) is 5.51. The summed E-state index contributed by atoms with van der Waals surface area (Å²) in [6, 6.07) is 1.29. The second-order valence-corrected chi connectivity index (χ2v) is 11.4. The number of hydrogen-bond donors (Lipinski definition) is 1. The van der Waals surface area contributed by atoms with E-state index in [1.807, 2.05) is 0 Å². The average Bonchev–Trinajstić information content (AvgIpc) is 3.06. The zero-order chi connectivity index (χ0) is 20.3. The van der Waals surface area contributed by atoms with Crippen LogP contribution < -0.4 is 0 Å². The highest BCUT2D eigenvalue weighted by atomic mass is 16.3. The largest absolute Gasteiger partial charge is 0.396 e. The lowest BCUT2D eigenvalue weighted by Crippen LogP contribution is -2.54. The second kappa shape index (κ2) is 7.39. The third kappa shape index (κ3) is 2.94. The number of aliphatic hydroxyl groups excluding tert-OH is 1. The monoisotopic (exact) mass is 388 g/mol. The van der Waals surface area contributed by atoms with Gasteiger partial charge in [0.25, 0.3) is 0 Å². The maximum atomic E-state index is 10.7. The summed E-state index contributed by atoms with van der Waals surface area (Å²) in [6.07, 6.45) is 13.1. The molecule has 0 unspecified atom stereocenters. The smallest absolute Gasteiger partial charge is 0.0493 e. The fourth-order valence-corrected chi connectivity index (χ4v) is 8.33. The van der Waals surface area contributed by atoms with Crippen molar-refractivity contribution >= 4 is 0 Å². The minimum atomic E-state index is 0.174. The Labute approximate surface area is 173 Å². The van der Waals surface area contributed by atoms with Crippen molar-refractivity contribution in [2.45, 2.75) is 77.3 Å². The molecule has 4 rings (SSSR count). The molecule has 0 aromatic heterocycles. The van der Waals surface area contributed by atoms with Gasteiger partial charge in [0.1, 0.15) is 0 Å². The molecule has 3 heteroatoms. The first kappa shape index (κ1) is 20.9. The lowest BCUT2D eigenvalue weighted by molar-refractivity contribution is -0.0892. The van der Waals surface area contributed by atoms with Crippen molar-refractivity contribution in [2.24, 2.45) is 34.5 Å². The van der Waals surface area contributed by atoms with E-state index >= 15 is 0 Å². The van der Waals surface area contributed by atoms with Gasteiger partial charge in [-0.25, -0.2) is 0 Å². The minimum absolute atomic E-state index is 0.174. The van der Waals surface area contributed by atoms with Gasteiger partial charge in [-0.1, -0.05) is 18.6 Å². The van der Waals surface area contributed by atoms with E-state index in [-0.39, 0.29) is 5.41 Å². The Bertz CT molecular complexity index is 614. The van der Waals surface area contributed by atoms with Gasteiger partial charge in [-0.2, -0.15) is 0 Å². The van der Waals surface area contributed by atoms with Crippen LogP contribution in [0.15, 0.2) is 11.6 Å². The number of allylic oxidation sites excluding steroid dienone is 1. The first-order valence-electron chi connectivity index (χ1n) is 11.9. The van der Waals surface area contributed by atoms with Gasteiger partial charge < -0.3 is 14.9 Å². The minimum Gasteiger partial charge on any atom is -0.396 e. The van der Waals surface area contributed by atoms with E-state index in [0.717, 1.165) is 23.8 Å². The van der Waals surface area contributed by atoms with Crippen molar-refractivity contribution < 1.29 is 5.11 Å². The van der Waals surface area contributed by atoms with Gasteiger partial charge in [-0.05, 0) is 116 Å². The van der Waals surface area contributed by atoms with Crippen molar-refractivity contribution in [3.05, 3.63) is 11.6 Å². The van der Waals surface area contributed by atoms with Crippen molar-refractivity contribution in [3.63, 3.8) is 0 Å². The van der Waals surface area contributed by atoms with Gasteiger partial charge in [0.2, 0.25) is 0 Å². The molecule has 0 aliphatic heterocycles. The van der Waals surface area contributed by atoms with Gasteiger partial charge in [-0.3, -0.25) is 0 Å². The van der Waals surface area contributed by atoms with Crippen molar-refractivity contribution in [2.75, 3.05) is 34.8 Å². The normalized spacial score (nSPS) is 46.8. The Hall–Kier alpha value is -0.380. The first-order chi connectivity index (χ1) is 13.2. The summed E-state index contributed by atoms with van der Waals surface area (Å²) < 4.78 is 0. The number of nitrogens with zero attached hydrogens (tertiary/aromatic N) is 2. The summed E-state index contributed by atoms with van der Waals surface area (Å²) >= 11 is 0. The maximum Gasteiger partial charge on any atom is 0.0493 e. The Balaban J connectivity index is 1.62. The summed E-state index contributed by atoms with van der Waals surface area (Å²) in [5.74, 6) is 3.02. The molecule has 28 heavy (non-hydrogen) atoms. The van der Waals surface area contributed by atoms with E-state index in [2.05, 4.69) is 57.9 Å². The molecule has 8 atom stereocenters. The molecule has 0 saturated heterocycles.